The van der Waals surface area contributed by atoms with Crippen molar-refractivity contribution in [2.45, 2.75) is 27.2 Å². The molecule has 1 aliphatic rings. The summed E-state index contributed by atoms with van der Waals surface area (Å²) in [6.45, 7) is 7.43. The van der Waals surface area contributed by atoms with Crippen LogP contribution in [-0.4, -0.2) is 30.2 Å². The molecule has 2 N–H and O–H groups in total. The Morgan fingerprint density at radius 2 is 1.97 bits per heavy atom. The van der Waals surface area contributed by atoms with Gasteiger partial charge in [0.15, 0.2) is 5.82 Å². The molecule has 0 spiro atoms. The molecular weight excluding hydrogens is 422 g/mol. The largest absolute Gasteiger partial charge is 0.492 e. The summed E-state index contributed by atoms with van der Waals surface area (Å²) in [5.74, 6) is 0.382. The molecule has 0 fully saturated rings. The lowest BCUT2D eigenvalue weighted by Gasteiger charge is -2.24. The number of anilines is 1. The van der Waals surface area contributed by atoms with Gasteiger partial charge in [-0.1, -0.05) is 26.0 Å². The molecule has 2 aromatic carbocycles. The van der Waals surface area contributed by atoms with E-state index < -0.39 is 11.6 Å². The predicted octanol–water partition coefficient (Wildman–Crippen LogP) is 5.93. The number of aromatic nitrogens is 2. The van der Waals surface area contributed by atoms with Crippen LogP contribution in [0.3, 0.4) is 0 Å². The molecule has 0 amide bonds. The highest BCUT2D eigenvalue weighted by molar-refractivity contribution is 5.97. The zero-order valence-corrected chi connectivity index (χ0v) is 19.3. The van der Waals surface area contributed by atoms with E-state index in [0.29, 0.717) is 40.5 Å². The smallest absolute Gasteiger partial charge is 0.178 e. The van der Waals surface area contributed by atoms with Crippen molar-refractivity contribution >= 4 is 22.4 Å². The van der Waals surface area contributed by atoms with Gasteiger partial charge in [0.25, 0.3) is 0 Å². The average molecular weight is 451 g/mol. The first-order chi connectivity index (χ1) is 15.9. The third-order valence-corrected chi connectivity index (χ3v) is 6.04. The van der Waals surface area contributed by atoms with Crippen LogP contribution in [0.2, 0.25) is 0 Å². The molecule has 3 aromatic rings. The Morgan fingerprint density at radius 1 is 1.15 bits per heavy atom. The zero-order valence-electron chi connectivity index (χ0n) is 19.3. The summed E-state index contributed by atoms with van der Waals surface area (Å²) in [5, 5.41) is 7.30. The SMILES string of the molecule is CCOc1cc(-c2ccc(F)cc2F)cc2c(NC)nc(C3=CC=CC(C)(CC)CN3)nc12. The van der Waals surface area contributed by atoms with Crippen LogP contribution in [-0.2, 0) is 0 Å². The van der Waals surface area contributed by atoms with Gasteiger partial charge in [-0.2, -0.15) is 0 Å². The Labute approximate surface area is 192 Å². The highest BCUT2D eigenvalue weighted by Gasteiger charge is 2.22. The summed E-state index contributed by atoms with van der Waals surface area (Å²) in [4.78, 5) is 9.55. The van der Waals surface area contributed by atoms with E-state index in [1.54, 1.807) is 19.2 Å². The number of ether oxygens (including phenoxy) is 1. The van der Waals surface area contributed by atoms with E-state index in [2.05, 4.69) is 30.6 Å². The summed E-state index contributed by atoms with van der Waals surface area (Å²) >= 11 is 0. The third kappa shape index (κ3) is 4.53. The van der Waals surface area contributed by atoms with Gasteiger partial charge in [-0.25, -0.2) is 18.7 Å². The Bertz CT molecular complexity index is 1250. The number of fused-ring (bicyclic) bond motifs is 1. The van der Waals surface area contributed by atoms with Crippen LogP contribution >= 0.6 is 0 Å². The molecule has 172 valence electrons. The fourth-order valence-corrected chi connectivity index (χ4v) is 3.84. The minimum Gasteiger partial charge on any atom is -0.492 e. The van der Waals surface area contributed by atoms with Crippen LogP contribution in [0.1, 0.15) is 33.0 Å². The number of nitrogens with zero attached hydrogens (tertiary/aromatic N) is 2. The van der Waals surface area contributed by atoms with E-state index in [-0.39, 0.29) is 11.0 Å². The van der Waals surface area contributed by atoms with Crippen LogP contribution in [0.4, 0.5) is 14.6 Å². The minimum atomic E-state index is -0.640. The molecular formula is C26H28F2N4O. The Morgan fingerprint density at radius 3 is 2.67 bits per heavy atom. The zero-order chi connectivity index (χ0) is 23.6. The molecule has 0 bridgehead atoms. The predicted molar refractivity (Wildman–Crippen MR) is 129 cm³/mol. The Kier molecular flexibility index (Phi) is 6.31. The molecule has 0 aliphatic carbocycles. The maximum Gasteiger partial charge on any atom is 0.178 e. The van der Waals surface area contributed by atoms with Crippen LogP contribution in [0.15, 0.2) is 48.6 Å². The quantitative estimate of drug-likeness (QED) is 0.487. The van der Waals surface area contributed by atoms with Crippen LogP contribution in [0.5, 0.6) is 5.75 Å². The molecule has 0 saturated carbocycles. The topological polar surface area (TPSA) is 59.1 Å². The molecule has 7 heteroatoms. The Hall–Kier alpha value is -3.48. The molecule has 0 radical (unpaired) electrons. The van der Waals surface area contributed by atoms with Crippen LogP contribution in [0, 0.1) is 17.0 Å². The van der Waals surface area contributed by atoms with E-state index in [4.69, 9.17) is 14.7 Å². The van der Waals surface area contributed by atoms with Gasteiger partial charge in [0.2, 0.25) is 0 Å². The van der Waals surface area contributed by atoms with Gasteiger partial charge >= 0.3 is 0 Å². The molecule has 1 unspecified atom stereocenters. The third-order valence-electron chi connectivity index (χ3n) is 6.04. The fourth-order valence-electron chi connectivity index (χ4n) is 3.84. The summed E-state index contributed by atoms with van der Waals surface area (Å²) in [6, 6.07) is 7.07. The van der Waals surface area contributed by atoms with Crippen LogP contribution in [0.25, 0.3) is 27.7 Å². The number of nitrogens with one attached hydrogen (secondary N) is 2. The van der Waals surface area contributed by atoms with Crippen molar-refractivity contribution in [2.24, 2.45) is 5.41 Å². The molecule has 2 heterocycles. The van der Waals surface area contributed by atoms with Gasteiger partial charge in [-0.3, -0.25) is 0 Å². The van der Waals surface area contributed by atoms with Gasteiger partial charge in [-0.15, -0.1) is 0 Å². The highest BCUT2D eigenvalue weighted by atomic mass is 19.1. The standard InChI is InChI=1S/C26H28F2N4O/c1-5-26(3)11-7-8-21(30-15-26)25-31-23-19(24(29-4)32-25)12-16(13-22(23)33-6-2)18-10-9-17(27)14-20(18)28/h7-14,30H,5-6,15H2,1-4H3,(H,29,31,32). The van der Waals surface area contributed by atoms with Crippen molar-refractivity contribution in [2.75, 3.05) is 25.5 Å². The van der Waals surface area contributed by atoms with Gasteiger partial charge in [0, 0.05) is 36.0 Å². The maximum absolute atomic E-state index is 14.5. The normalized spacial score (nSPS) is 17.9. The molecule has 5 nitrogen and oxygen atoms in total. The number of benzene rings is 2. The average Bonchev–Trinajstić information content (AvgIpc) is 3.01. The van der Waals surface area contributed by atoms with E-state index >= 15 is 0 Å². The van der Waals surface area contributed by atoms with Gasteiger partial charge in [0.05, 0.1) is 12.3 Å². The van der Waals surface area contributed by atoms with Crippen molar-refractivity contribution in [3.05, 3.63) is 66.0 Å². The summed E-state index contributed by atoms with van der Waals surface area (Å²) < 4.78 is 33.9. The summed E-state index contributed by atoms with van der Waals surface area (Å²) in [5.41, 5.74) is 2.32. The first-order valence-corrected chi connectivity index (χ1v) is 11.1. The maximum atomic E-state index is 14.5. The van der Waals surface area contributed by atoms with Crippen molar-refractivity contribution in [1.82, 2.24) is 15.3 Å². The van der Waals surface area contributed by atoms with Crippen molar-refractivity contribution in [1.29, 1.82) is 0 Å². The first-order valence-electron chi connectivity index (χ1n) is 11.1. The van der Waals surface area contributed by atoms with Crippen LogP contribution < -0.4 is 15.4 Å². The second kappa shape index (κ2) is 9.17. The number of hydrogen-bond donors (Lipinski definition) is 2. The number of allylic oxidation sites excluding steroid dienone is 2. The minimum absolute atomic E-state index is 0.0472. The second-order valence-electron chi connectivity index (χ2n) is 8.37. The lowest BCUT2D eigenvalue weighted by atomic mass is 9.87. The lowest BCUT2D eigenvalue weighted by Crippen LogP contribution is -2.28. The van der Waals surface area contributed by atoms with Gasteiger partial charge < -0.3 is 15.4 Å². The van der Waals surface area contributed by atoms with E-state index in [1.165, 1.54) is 12.1 Å². The van der Waals surface area contributed by atoms with Gasteiger partial charge in [0.1, 0.15) is 28.7 Å². The number of rotatable bonds is 6. The fraction of sp³-hybridized carbons (Fsp3) is 0.308. The van der Waals surface area contributed by atoms with Crippen molar-refractivity contribution < 1.29 is 13.5 Å². The lowest BCUT2D eigenvalue weighted by molar-refractivity contribution is 0.343. The summed E-state index contributed by atoms with van der Waals surface area (Å²) in [6.07, 6.45) is 7.22. The molecule has 0 saturated heterocycles. The van der Waals surface area contributed by atoms with E-state index in [0.717, 1.165) is 24.7 Å². The Balaban J connectivity index is 1.86. The first kappa shape index (κ1) is 22.7. The number of hydrogen-bond acceptors (Lipinski definition) is 5. The summed E-state index contributed by atoms with van der Waals surface area (Å²) in [7, 11) is 1.78. The van der Waals surface area contributed by atoms with Gasteiger partial charge in [-0.05, 0) is 49.2 Å². The molecule has 4 rings (SSSR count). The molecule has 1 atom stereocenters. The molecule has 33 heavy (non-hydrogen) atoms. The molecule has 1 aromatic heterocycles. The van der Waals surface area contributed by atoms with Crippen molar-refractivity contribution in [3.8, 4) is 16.9 Å². The van der Waals surface area contributed by atoms with Crippen molar-refractivity contribution in [3.63, 3.8) is 0 Å². The number of halogens is 2. The molecule has 1 aliphatic heterocycles. The highest BCUT2D eigenvalue weighted by Crippen LogP contribution is 2.36. The van der Waals surface area contributed by atoms with E-state index in [9.17, 15) is 8.78 Å². The monoisotopic (exact) mass is 450 g/mol. The second-order valence-corrected chi connectivity index (χ2v) is 8.37. The van der Waals surface area contributed by atoms with E-state index in [1.807, 2.05) is 19.1 Å².